The summed E-state index contributed by atoms with van der Waals surface area (Å²) in [5, 5.41) is 11.2. The second-order valence-corrected chi connectivity index (χ2v) is 6.74. The van der Waals surface area contributed by atoms with Crippen LogP contribution in [0.25, 0.3) is 5.70 Å². The minimum atomic E-state index is -0.242. The van der Waals surface area contributed by atoms with Crippen LogP contribution in [0.5, 0.6) is 0 Å². The first-order valence-corrected chi connectivity index (χ1v) is 9.13. The highest BCUT2D eigenvalue weighted by molar-refractivity contribution is 8.02. The molecule has 4 N–H and O–H groups in total. The molecular formula is C14H17FN5S2+. The number of aromatic nitrogens is 3. The van der Waals surface area contributed by atoms with E-state index >= 15 is 0 Å². The van der Waals surface area contributed by atoms with E-state index in [0.717, 1.165) is 34.4 Å². The van der Waals surface area contributed by atoms with Gasteiger partial charge in [0, 0.05) is 17.4 Å². The summed E-state index contributed by atoms with van der Waals surface area (Å²) < 4.78 is 14.9. The van der Waals surface area contributed by atoms with E-state index in [1.807, 2.05) is 10.1 Å². The molecule has 22 heavy (non-hydrogen) atoms. The Morgan fingerprint density at radius 2 is 2.14 bits per heavy atom. The quantitative estimate of drug-likeness (QED) is 0.874. The van der Waals surface area contributed by atoms with Gasteiger partial charge < -0.3 is 5.73 Å². The third kappa shape index (κ3) is 3.13. The second-order valence-electron chi connectivity index (χ2n) is 4.92. The predicted molar refractivity (Wildman–Crippen MR) is 88.2 cm³/mol. The van der Waals surface area contributed by atoms with E-state index in [2.05, 4.69) is 27.6 Å². The van der Waals surface area contributed by atoms with Crippen LogP contribution in [-0.4, -0.2) is 26.9 Å². The van der Waals surface area contributed by atoms with Gasteiger partial charge >= 0.3 is 0 Å². The van der Waals surface area contributed by atoms with Gasteiger partial charge in [-0.1, -0.05) is 11.8 Å². The van der Waals surface area contributed by atoms with Gasteiger partial charge in [-0.15, -0.1) is 10.2 Å². The second kappa shape index (κ2) is 6.72. The Morgan fingerprint density at radius 3 is 2.86 bits per heavy atom. The van der Waals surface area contributed by atoms with E-state index in [0.29, 0.717) is 0 Å². The van der Waals surface area contributed by atoms with Crippen molar-refractivity contribution in [2.45, 2.75) is 17.6 Å². The average Bonchev–Trinajstić information content (AvgIpc) is 2.96. The molecule has 3 rings (SSSR count). The Bertz CT molecular complexity index is 683. The van der Waals surface area contributed by atoms with Crippen molar-refractivity contribution in [3.63, 3.8) is 0 Å². The zero-order valence-corrected chi connectivity index (χ0v) is 13.8. The van der Waals surface area contributed by atoms with Crippen molar-refractivity contribution in [1.82, 2.24) is 14.9 Å². The molecule has 0 saturated heterocycles. The number of halogens is 1. The first-order valence-electron chi connectivity index (χ1n) is 6.86. The number of thioether (sulfide) groups is 2. The molecule has 1 atom stereocenters. The summed E-state index contributed by atoms with van der Waals surface area (Å²) in [4.78, 5) is 0. The summed E-state index contributed by atoms with van der Waals surface area (Å²) in [5.41, 5.74) is 9.30. The number of quaternary nitrogens is 1. The Balaban J connectivity index is 1.82. The largest absolute Gasteiger partial charge is 0.349 e. The van der Waals surface area contributed by atoms with Crippen molar-refractivity contribution in [2.75, 3.05) is 17.4 Å². The first kappa shape index (κ1) is 15.4. The summed E-state index contributed by atoms with van der Waals surface area (Å²) in [6.07, 6.45) is 3.02. The smallest absolute Gasteiger partial charge is 0.214 e. The SMILES string of the molecule is CSCC[C@H]([NH3+])c1nnc2n1NC(c1ccc(F)cc1)=CS2. The Kier molecular flexibility index (Phi) is 4.70. The maximum absolute atomic E-state index is 13.1. The zero-order valence-electron chi connectivity index (χ0n) is 12.1. The van der Waals surface area contributed by atoms with Crippen LogP contribution in [0, 0.1) is 5.82 Å². The van der Waals surface area contributed by atoms with Crippen LogP contribution in [0.4, 0.5) is 4.39 Å². The maximum Gasteiger partial charge on any atom is 0.214 e. The lowest BCUT2D eigenvalue weighted by Gasteiger charge is -2.20. The molecule has 0 spiro atoms. The highest BCUT2D eigenvalue weighted by atomic mass is 32.2. The van der Waals surface area contributed by atoms with Crippen LogP contribution in [0.3, 0.4) is 0 Å². The highest BCUT2D eigenvalue weighted by Gasteiger charge is 2.24. The normalized spacial score (nSPS) is 15.0. The lowest BCUT2D eigenvalue weighted by Crippen LogP contribution is -2.55. The molecule has 1 aromatic carbocycles. The van der Waals surface area contributed by atoms with Crippen LogP contribution in [0.15, 0.2) is 34.8 Å². The van der Waals surface area contributed by atoms with E-state index in [-0.39, 0.29) is 11.9 Å². The number of hydrogen-bond donors (Lipinski definition) is 2. The van der Waals surface area contributed by atoms with Crippen LogP contribution in [0.1, 0.15) is 23.9 Å². The van der Waals surface area contributed by atoms with Gasteiger partial charge in [0.15, 0.2) is 0 Å². The van der Waals surface area contributed by atoms with Gasteiger partial charge in [0.25, 0.3) is 0 Å². The first-order chi connectivity index (χ1) is 10.7. The topological polar surface area (TPSA) is 70.4 Å². The summed E-state index contributed by atoms with van der Waals surface area (Å²) in [7, 11) is 0. The van der Waals surface area contributed by atoms with Crippen molar-refractivity contribution in [3.05, 3.63) is 46.9 Å². The van der Waals surface area contributed by atoms with E-state index in [1.54, 1.807) is 23.9 Å². The number of rotatable bonds is 5. The molecule has 116 valence electrons. The minimum Gasteiger partial charge on any atom is -0.349 e. The molecular weight excluding hydrogens is 321 g/mol. The maximum atomic E-state index is 13.1. The van der Waals surface area contributed by atoms with E-state index in [1.165, 1.54) is 23.9 Å². The number of nitrogens with zero attached hydrogens (tertiary/aromatic N) is 3. The third-order valence-electron chi connectivity index (χ3n) is 3.36. The van der Waals surface area contributed by atoms with Crippen LogP contribution in [-0.2, 0) is 0 Å². The van der Waals surface area contributed by atoms with Crippen molar-refractivity contribution < 1.29 is 10.1 Å². The van der Waals surface area contributed by atoms with Gasteiger partial charge in [0.1, 0.15) is 11.9 Å². The molecule has 2 heterocycles. The molecule has 0 amide bonds. The van der Waals surface area contributed by atoms with Crippen LogP contribution in [0.2, 0.25) is 0 Å². The molecule has 0 radical (unpaired) electrons. The number of benzene rings is 1. The Hall–Kier alpha value is -1.51. The molecule has 1 aliphatic heterocycles. The Morgan fingerprint density at radius 1 is 1.36 bits per heavy atom. The van der Waals surface area contributed by atoms with Crippen molar-refractivity contribution in [1.29, 1.82) is 0 Å². The molecule has 0 bridgehead atoms. The van der Waals surface area contributed by atoms with Gasteiger partial charge in [-0.3, -0.25) is 5.43 Å². The molecule has 0 aliphatic carbocycles. The fourth-order valence-electron chi connectivity index (χ4n) is 2.14. The number of nitrogens with one attached hydrogen (secondary N) is 1. The molecule has 1 aliphatic rings. The lowest BCUT2D eigenvalue weighted by molar-refractivity contribution is -0.429. The monoisotopic (exact) mass is 338 g/mol. The standard InChI is InChI=1S/C14H16FN5S2/c1-21-7-6-11(16)13-17-18-14-20(13)19-12(8-22-14)9-2-4-10(15)5-3-9/h2-5,8,11,19H,6-7,16H2,1H3/p+1/t11-/m0/s1. The fraction of sp³-hybridized carbons (Fsp3) is 0.286. The molecule has 0 fully saturated rings. The molecule has 2 aromatic rings. The van der Waals surface area contributed by atoms with Crippen LogP contribution >= 0.6 is 23.5 Å². The lowest BCUT2D eigenvalue weighted by atomic mass is 10.2. The van der Waals surface area contributed by atoms with Crippen molar-refractivity contribution in [2.24, 2.45) is 0 Å². The third-order valence-corrected chi connectivity index (χ3v) is 4.84. The summed E-state index contributed by atoms with van der Waals surface area (Å²) in [5.74, 6) is 1.61. The summed E-state index contributed by atoms with van der Waals surface area (Å²) in [6, 6.07) is 6.48. The van der Waals surface area contributed by atoms with Gasteiger partial charge in [0.2, 0.25) is 11.0 Å². The van der Waals surface area contributed by atoms with Crippen molar-refractivity contribution >= 4 is 29.2 Å². The predicted octanol–water partition coefficient (Wildman–Crippen LogP) is 2.10. The van der Waals surface area contributed by atoms with Gasteiger partial charge in [-0.25, -0.2) is 9.07 Å². The average molecular weight is 338 g/mol. The molecule has 0 unspecified atom stereocenters. The summed E-state index contributed by atoms with van der Waals surface area (Å²) >= 11 is 3.29. The van der Waals surface area contributed by atoms with Crippen molar-refractivity contribution in [3.8, 4) is 0 Å². The summed E-state index contributed by atoms with van der Waals surface area (Å²) in [6.45, 7) is 0. The number of fused-ring (bicyclic) bond motifs is 1. The molecule has 0 saturated carbocycles. The zero-order chi connectivity index (χ0) is 15.5. The molecule has 5 nitrogen and oxygen atoms in total. The highest BCUT2D eigenvalue weighted by Crippen LogP contribution is 2.29. The van der Waals surface area contributed by atoms with Crippen LogP contribution < -0.4 is 11.2 Å². The Labute approximate surface area is 136 Å². The minimum absolute atomic E-state index is 0.0781. The molecule has 1 aromatic heterocycles. The van der Waals surface area contributed by atoms with Gasteiger partial charge in [0.05, 0.1) is 5.70 Å². The van der Waals surface area contributed by atoms with E-state index < -0.39 is 0 Å². The van der Waals surface area contributed by atoms with Gasteiger partial charge in [-0.05, 0) is 36.3 Å². The fourth-order valence-corrected chi connectivity index (χ4v) is 3.40. The van der Waals surface area contributed by atoms with E-state index in [9.17, 15) is 4.39 Å². The number of hydrogen-bond acceptors (Lipinski definition) is 5. The van der Waals surface area contributed by atoms with E-state index in [4.69, 9.17) is 0 Å². The van der Waals surface area contributed by atoms with Gasteiger partial charge in [-0.2, -0.15) is 11.8 Å². The molecule has 8 heteroatoms.